The van der Waals surface area contributed by atoms with E-state index in [0.29, 0.717) is 16.1 Å². The summed E-state index contributed by atoms with van der Waals surface area (Å²) in [5, 5.41) is 30.7. The molecule has 0 aliphatic heterocycles. The first-order valence-electron chi connectivity index (χ1n) is 9.34. The molecule has 0 unspecified atom stereocenters. The highest BCUT2D eigenvalue weighted by atomic mass is 32.2. The fraction of sp³-hybridized carbons (Fsp3) is 0. The number of thiazole rings is 1. The number of nitrogens with zero attached hydrogens (tertiary/aromatic N) is 3. The van der Waals surface area contributed by atoms with Gasteiger partial charge >= 0.3 is 5.63 Å². The van der Waals surface area contributed by atoms with Crippen molar-refractivity contribution < 1.29 is 17.8 Å². The van der Waals surface area contributed by atoms with Crippen LogP contribution in [0.25, 0.3) is 27.8 Å². The van der Waals surface area contributed by atoms with Gasteiger partial charge in [-0.15, -0.1) is 11.3 Å². The number of nitro benzene ring substituents is 1. The van der Waals surface area contributed by atoms with Crippen molar-refractivity contribution in [3.63, 3.8) is 0 Å². The Labute approximate surface area is 195 Å². The minimum absolute atomic E-state index is 0.0494. The van der Waals surface area contributed by atoms with Crippen LogP contribution in [0.15, 0.2) is 74.2 Å². The van der Waals surface area contributed by atoms with Crippen LogP contribution in [0.4, 0.5) is 11.4 Å². The maximum absolute atomic E-state index is 12.4. The molecule has 0 radical (unpaired) electrons. The van der Waals surface area contributed by atoms with Crippen LogP contribution < -0.4 is 16.1 Å². The second-order valence-corrected chi connectivity index (χ2v) is 9.27. The topological polar surface area (TPSA) is 182 Å². The summed E-state index contributed by atoms with van der Waals surface area (Å²) >= 11 is 1.11. The Hall–Kier alpha value is -4.38. The molecule has 2 heterocycles. The highest BCUT2D eigenvalue weighted by Crippen LogP contribution is 2.28. The summed E-state index contributed by atoms with van der Waals surface area (Å²) in [5.41, 5.74) is 0.393. The Kier molecular flexibility index (Phi) is 5.95. The predicted octanol–water partition coefficient (Wildman–Crippen LogP) is 3.45. The predicted molar refractivity (Wildman–Crippen MR) is 125 cm³/mol. The molecule has 4 rings (SSSR count). The summed E-state index contributed by atoms with van der Waals surface area (Å²) in [7, 11) is -3.82. The fourth-order valence-corrected chi connectivity index (χ4v) is 4.26. The lowest BCUT2D eigenvalue weighted by Crippen LogP contribution is -2.11. The van der Waals surface area contributed by atoms with E-state index >= 15 is 0 Å². The third-order valence-electron chi connectivity index (χ3n) is 4.62. The number of allylic oxidation sites excluding steroid dienone is 1. The number of hydrogen-bond acceptors (Lipinski definition) is 10. The number of nitrogens with one attached hydrogen (secondary N) is 1. The second-order valence-electron chi connectivity index (χ2n) is 6.85. The van der Waals surface area contributed by atoms with Gasteiger partial charge in [0.15, 0.2) is 0 Å². The van der Waals surface area contributed by atoms with Crippen LogP contribution in [0.3, 0.4) is 0 Å². The number of rotatable bonds is 6. The maximum Gasteiger partial charge on any atom is 0.345 e. The van der Waals surface area contributed by atoms with E-state index in [1.54, 1.807) is 5.38 Å². The van der Waals surface area contributed by atoms with Crippen molar-refractivity contribution >= 4 is 49.3 Å². The average Bonchev–Trinajstić information content (AvgIpc) is 3.28. The molecule has 0 fully saturated rings. The first kappa shape index (κ1) is 22.8. The number of primary sulfonamides is 1. The van der Waals surface area contributed by atoms with Crippen LogP contribution in [-0.2, 0) is 10.0 Å². The van der Waals surface area contributed by atoms with Gasteiger partial charge < -0.3 is 9.73 Å². The number of benzene rings is 2. The zero-order valence-electron chi connectivity index (χ0n) is 17.0. The molecular weight excluding hydrogens is 482 g/mol. The van der Waals surface area contributed by atoms with Gasteiger partial charge in [-0.2, -0.15) is 5.26 Å². The molecule has 0 saturated carbocycles. The summed E-state index contributed by atoms with van der Waals surface area (Å²) in [6, 6.07) is 13.0. The molecular formula is C21H13N5O6S2. The van der Waals surface area contributed by atoms with Crippen LogP contribution in [0.5, 0.6) is 0 Å². The summed E-state index contributed by atoms with van der Waals surface area (Å²) in [6.07, 6.45) is 1.39. The minimum Gasteiger partial charge on any atom is -0.422 e. The zero-order chi connectivity index (χ0) is 24.5. The van der Waals surface area contributed by atoms with Crippen LogP contribution in [0, 0.1) is 21.4 Å². The quantitative estimate of drug-likeness (QED) is 0.175. The summed E-state index contributed by atoms with van der Waals surface area (Å²) in [4.78, 5) is 27.2. The number of non-ortho nitro benzene ring substituents is 1. The molecule has 0 spiro atoms. The number of anilines is 1. The van der Waals surface area contributed by atoms with Crippen molar-refractivity contribution in [2.24, 2.45) is 5.14 Å². The fourth-order valence-electron chi connectivity index (χ4n) is 2.96. The Balaban J connectivity index is 1.63. The molecule has 170 valence electrons. The number of sulfonamides is 1. The highest BCUT2D eigenvalue weighted by Gasteiger charge is 2.15. The number of nitrogens with two attached hydrogens (primary N) is 1. The molecule has 0 aliphatic carbocycles. The molecule has 2 aromatic carbocycles. The van der Waals surface area contributed by atoms with E-state index in [2.05, 4.69) is 10.3 Å². The standard InChI is InChI=1S/C21H13N5O6S2/c22-9-13(10-24-14-1-4-16(5-2-14)34(23,30)31)20-25-18(11-33-20)17-8-12-7-15(26(28)29)3-6-19(12)32-21(17)27/h1-8,10-11,24H,(H2,23,30,31)/b13-10-. The van der Waals surface area contributed by atoms with Crippen molar-refractivity contribution in [1.82, 2.24) is 4.98 Å². The number of nitro groups is 1. The van der Waals surface area contributed by atoms with E-state index in [0.717, 1.165) is 11.3 Å². The van der Waals surface area contributed by atoms with Crippen molar-refractivity contribution in [3.05, 3.63) is 85.7 Å². The minimum atomic E-state index is -3.82. The van der Waals surface area contributed by atoms with E-state index in [1.165, 1.54) is 54.7 Å². The lowest BCUT2D eigenvalue weighted by Gasteiger charge is -2.03. The Morgan fingerprint density at radius 2 is 1.97 bits per heavy atom. The molecule has 0 aliphatic rings. The molecule has 2 aromatic heterocycles. The first-order chi connectivity index (χ1) is 16.2. The molecule has 0 bridgehead atoms. The van der Waals surface area contributed by atoms with Crippen molar-refractivity contribution in [2.75, 3.05) is 5.32 Å². The Bertz CT molecular complexity index is 1660. The van der Waals surface area contributed by atoms with Crippen LogP contribution in [0.2, 0.25) is 0 Å². The van der Waals surface area contributed by atoms with Gasteiger partial charge in [-0.05, 0) is 36.4 Å². The Morgan fingerprint density at radius 1 is 1.24 bits per heavy atom. The second kappa shape index (κ2) is 8.87. The molecule has 3 N–H and O–H groups in total. The normalized spacial score (nSPS) is 11.8. The lowest BCUT2D eigenvalue weighted by atomic mass is 10.1. The van der Waals surface area contributed by atoms with Gasteiger partial charge in [0.1, 0.15) is 22.2 Å². The lowest BCUT2D eigenvalue weighted by molar-refractivity contribution is -0.384. The third kappa shape index (κ3) is 4.69. The average molecular weight is 495 g/mol. The first-order valence-corrected chi connectivity index (χ1v) is 11.8. The van der Waals surface area contributed by atoms with Gasteiger partial charge in [-0.3, -0.25) is 10.1 Å². The number of fused-ring (bicyclic) bond motifs is 1. The molecule has 4 aromatic rings. The van der Waals surface area contributed by atoms with Gasteiger partial charge in [-0.25, -0.2) is 23.3 Å². The summed E-state index contributed by atoms with van der Waals surface area (Å²) < 4.78 is 27.9. The molecule has 0 saturated heterocycles. The van der Waals surface area contributed by atoms with E-state index in [4.69, 9.17) is 9.56 Å². The molecule has 11 nitrogen and oxygen atoms in total. The number of hydrogen-bond donors (Lipinski definition) is 2. The molecule has 0 atom stereocenters. The molecule has 0 amide bonds. The van der Waals surface area contributed by atoms with E-state index < -0.39 is 20.6 Å². The van der Waals surface area contributed by atoms with Gasteiger partial charge in [0.05, 0.1) is 21.1 Å². The smallest absolute Gasteiger partial charge is 0.345 e. The van der Waals surface area contributed by atoms with Crippen LogP contribution >= 0.6 is 11.3 Å². The Morgan fingerprint density at radius 3 is 2.62 bits per heavy atom. The van der Waals surface area contributed by atoms with E-state index in [1.807, 2.05) is 6.07 Å². The van der Waals surface area contributed by atoms with Crippen molar-refractivity contribution in [1.29, 1.82) is 5.26 Å². The van der Waals surface area contributed by atoms with E-state index in [9.17, 15) is 28.6 Å². The summed E-state index contributed by atoms with van der Waals surface area (Å²) in [6.45, 7) is 0. The van der Waals surface area contributed by atoms with Crippen molar-refractivity contribution in [2.45, 2.75) is 4.90 Å². The largest absolute Gasteiger partial charge is 0.422 e. The van der Waals surface area contributed by atoms with E-state index in [-0.39, 0.29) is 33.0 Å². The summed E-state index contributed by atoms with van der Waals surface area (Å²) in [5.74, 6) is 0. The maximum atomic E-state index is 12.4. The number of nitriles is 1. The highest BCUT2D eigenvalue weighted by molar-refractivity contribution is 7.89. The van der Waals surface area contributed by atoms with Gasteiger partial charge in [0.2, 0.25) is 10.0 Å². The number of aromatic nitrogens is 1. The van der Waals surface area contributed by atoms with Crippen LogP contribution in [0.1, 0.15) is 5.01 Å². The van der Waals surface area contributed by atoms with Gasteiger partial charge in [0.25, 0.3) is 5.69 Å². The monoisotopic (exact) mass is 495 g/mol. The molecule has 13 heteroatoms. The van der Waals surface area contributed by atoms with Gasteiger partial charge in [0, 0.05) is 34.8 Å². The molecule has 34 heavy (non-hydrogen) atoms. The SMILES string of the molecule is N#C/C(=C/Nc1ccc(S(N)(=O)=O)cc1)c1nc(-c2cc3cc([N+](=O)[O-])ccc3oc2=O)cs1. The zero-order valence-corrected chi connectivity index (χ0v) is 18.6. The third-order valence-corrected chi connectivity index (χ3v) is 6.43. The van der Waals surface area contributed by atoms with Gasteiger partial charge in [-0.1, -0.05) is 0 Å². The van der Waals surface area contributed by atoms with Crippen LogP contribution in [-0.4, -0.2) is 18.3 Å². The van der Waals surface area contributed by atoms with Crippen molar-refractivity contribution in [3.8, 4) is 17.3 Å².